The van der Waals surface area contributed by atoms with Crippen molar-refractivity contribution in [2.75, 3.05) is 5.32 Å². The van der Waals surface area contributed by atoms with Gasteiger partial charge in [0, 0.05) is 11.4 Å². The summed E-state index contributed by atoms with van der Waals surface area (Å²) in [7, 11) is 0. The van der Waals surface area contributed by atoms with Gasteiger partial charge in [-0.1, -0.05) is 70.2 Å². The number of aliphatic imine (C=N–C) groups is 1. The molecule has 0 aliphatic heterocycles. The van der Waals surface area contributed by atoms with E-state index in [0.29, 0.717) is 18.4 Å². The molecular weight excluding hydrogens is 392 g/mol. The molecule has 1 heterocycles. The first-order valence-corrected chi connectivity index (χ1v) is 11.4. The van der Waals surface area contributed by atoms with Gasteiger partial charge in [0.15, 0.2) is 0 Å². The average molecular weight is 425 g/mol. The van der Waals surface area contributed by atoms with Crippen molar-refractivity contribution in [3.63, 3.8) is 0 Å². The first-order valence-electron chi connectivity index (χ1n) is 11.4. The Kier molecular flexibility index (Phi) is 6.40. The zero-order valence-corrected chi connectivity index (χ0v) is 19.6. The summed E-state index contributed by atoms with van der Waals surface area (Å²) in [6.07, 6.45) is 1.84. The van der Waals surface area contributed by atoms with E-state index in [9.17, 15) is 0 Å². The smallest absolute Gasteiger partial charge is 0.111 e. The topological polar surface area (TPSA) is 42.2 Å². The van der Waals surface area contributed by atoms with Crippen LogP contribution in [0, 0.1) is 6.92 Å². The Morgan fingerprint density at radius 3 is 2.25 bits per heavy atom. The second-order valence-corrected chi connectivity index (χ2v) is 8.89. The molecule has 4 nitrogen and oxygen atoms in total. The SMILES string of the molecule is Cc1nc2cc(C/N=C/Nc3c(C(C)C)cccc3C(C)C)ccc2n1-c1ccccc1. The van der Waals surface area contributed by atoms with Crippen molar-refractivity contribution >= 4 is 23.1 Å². The van der Waals surface area contributed by atoms with Crippen LogP contribution >= 0.6 is 0 Å². The Morgan fingerprint density at radius 1 is 0.906 bits per heavy atom. The van der Waals surface area contributed by atoms with Crippen LogP contribution in [0.25, 0.3) is 16.7 Å². The molecule has 4 heteroatoms. The molecule has 0 saturated carbocycles. The molecule has 0 bridgehead atoms. The highest BCUT2D eigenvalue weighted by atomic mass is 15.1. The van der Waals surface area contributed by atoms with Crippen molar-refractivity contribution in [3.05, 3.63) is 89.2 Å². The number of imidazole rings is 1. The summed E-state index contributed by atoms with van der Waals surface area (Å²) in [6, 6.07) is 23.3. The molecule has 0 fully saturated rings. The highest BCUT2D eigenvalue weighted by molar-refractivity contribution is 5.81. The molecule has 0 spiro atoms. The molecule has 3 aromatic carbocycles. The Balaban J connectivity index is 1.53. The van der Waals surface area contributed by atoms with Crippen LogP contribution in [0.5, 0.6) is 0 Å². The van der Waals surface area contributed by atoms with Gasteiger partial charge in [0.1, 0.15) is 5.82 Å². The maximum atomic E-state index is 4.78. The lowest BCUT2D eigenvalue weighted by atomic mass is 9.93. The van der Waals surface area contributed by atoms with Crippen LogP contribution in [0.3, 0.4) is 0 Å². The predicted molar refractivity (Wildman–Crippen MR) is 136 cm³/mol. The summed E-state index contributed by atoms with van der Waals surface area (Å²) in [5, 5.41) is 3.48. The fourth-order valence-electron chi connectivity index (χ4n) is 4.23. The normalized spacial score (nSPS) is 11.8. The molecule has 4 rings (SSSR count). The minimum atomic E-state index is 0.454. The van der Waals surface area contributed by atoms with Crippen LogP contribution in [0.1, 0.15) is 62.0 Å². The predicted octanol–water partition coefficient (Wildman–Crippen LogP) is 7.22. The van der Waals surface area contributed by atoms with Crippen molar-refractivity contribution in [2.24, 2.45) is 4.99 Å². The van der Waals surface area contributed by atoms with Crippen molar-refractivity contribution in [1.82, 2.24) is 9.55 Å². The number of anilines is 1. The summed E-state index contributed by atoms with van der Waals surface area (Å²) in [5.74, 6) is 1.89. The van der Waals surface area contributed by atoms with E-state index in [4.69, 9.17) is 4.98 Å². The van der Waals surface area contributed by atoms with E-state index >= 15 is 0 Å². The molecule has 0 aliphatic carbocycles. The number of aromatic nitrogens is 2. The number of fused-ring (bicyclic) bond motifs is 1. The number of hydrogen-bond donors (Lipinski definition) is 1. The third kappa shape index (κ3) is 4.45. The first-order chi connectivity index (χ1) is 15.5. The van der Waals surface area contributed by atoms with E-state index in [1.165, 1.54) is 16.8 Å². The van der Waals surface area contributed by atoms with Crippen LogP contribution in [-0.4, -0.2) is 15.9 Å². The van der Waals surface area contributed by atoms with Gasteiger partial charge in [-0.05, 0) is 59.7 Å². The van der Waals surface area contributed by atoms with Gasteiger partial charge in [0.25, 0.3) is 0 Å². The number of hydrogen-bond acceptors (Lipinski definition) is 2. The molecule has 1 N–H and O–H groups in total. The molecule has 1 aromatic heterocycles. The van der Waals surface area contributed by atoms with Crippen molar-refractivity contribution in [1.29, 1.82) is 0 Å². The summed E-state index contributed by atoms with van der Waals surface area (Å²) in [4.78, 5) is 9.44. The number of nitrogens with one attached hydrogen (secondary N) is 1. The van der Waals surface area contributed by atoms with Gasteiger partial charge in [-0.2, -0.15) is 0 Å². The Labute approximate surface area is 191 Å². The van der Waals surface area contributed by atoms with Gasteiger partial charge in [-0.25, -0.2) is 4.98 Å². The molecular formula is C28H32N4. The van der Waals surface area contributed by atoms with Crippen LogP contribution in [0.2, 0.25) is 0 Å². The highest BCUT2D eigenvalue weighted by Crippen LogP contribution is 2.32. The number of para-hydroxylation sites is 2. The number of benzene rings is 3. The van der Waals surface area contributed by atoms with Crippen LogP contribution in [0.4, 0.5) is 5.69 Å². The fraction of sp³-hybridized carbons (Fsp3) is 0.286. The summed E-state index contributed by atoms with van der Waals surface area (Å²) in [5.41, 5.74) is 8.24. The number of rotatable bonds is 7. The van der Waals surface area contributed by atoms with Gasteiger partial charge in [-0.15, -0.1) is 0 Å². The lowest BCUT2D eigenvalue weighted by Gasteiger charge is -2.19. The molecule has 0 amide bonds. The van der Waals surface area contributed by atoms with Crippen LogP contribution in [0.15, 0.2) is 71.7 Å². The monoisotopic (exact) mass is 424 g/mol. The lowest BCUT2D eigenvalue weighted by molar-refractivity contribution is 0.839. The molecule has 0 saturated heterocycles. The molecule has 0 aliphatic rings. The van der Waals surface area contributed by atoms with Gasteiger partial charge in [0.05, 0.1) is 23.9 Å². The largest absolute Gasteiger partial charge is 0.346 e. The standard InChI is InChI=1S/C28H32N4/c1-19(2)24-12-9-13-25(20(3)4)28(24)30-18-29-17-22-14-15-27-26(16-22)31-21(5)32(27)23-10-7-6-8-11-23/h6-16,18-20H,17H2,1-5H3,(H,29,30). The van der Waals surface area contributed by atoms with Crippen LogP contribution in [-0.2, 0) is 6.54 Å². The molecule has 0 atom stereocenters. The average Bonchev–Trinajstić information content (AvgIpc) is 3.11. The third-order valence-corrected chi connectivity index (χ3v) is 5.85. The Bertz CT molecular complexity index is 1210. The van der Waals surface area contributed by atoms with Crippen molar-refractivity contribution in [2.45, 2.75) is 53.0 Å². The van der Waals surface area contributed by atoms with Crippen molar-refractivity contribution in [3.8, 4) is 5.69 Å². The quantitative estimate of drug-likeness (QED) is 0.251. The van der Waals surface area contributed by atoms with E-state index in [-0.39, 0.29) is 0 Å². The van der Waals surface area contributed by atoms with Gasteiger partial charge in [0.2, 0.25) is 0 Å². The zero-order chi connectivity index (χ0) is 22.7. The van der Waals surface area contributed by atoms with Crippen LogP contribution < -0.4 is 5.32 Å². The van der Waals surface area contributed by atoms with E-state index in [1.807, 2.05) is 19.3 Å². The van der Waals surface area contributed by atoms with E-state index in [1.54, 1.807) is 0 Å². The van der Waals surface area contributed by atoms with E-state index in [0.717, 1.165) is 28.1 Å². The molecule has 4 aromatic rings. The maximum Gasteiger partial charge on any atom is 0.111 e. The summed E-state index contributed by atoms with van der Waals surface area (Å²) < 4.78 is 2.19. The van der Waals surface area contributed by atoms with Gasteiger partial charge in [-0.3, -0.25) is 9.56 Å². The molecule has 0 unspecified atom stereocenters. The van der Waals surface area contributed by atoms with E-state index < -0.39 is 0 Å². The summed E-state index contributed by atoms with van der Waals surface area (Å²) in [6.45, 7) is 11.6. The van der Waals surface area contributed by atoms with E-state index in [2.05, 4.69) is 103 Å². The summed E-state index contributed by atoms with van der Waals surface area (Å²) >= 11 is 0. The number of nitrogens with zero attached hydrogens (tertiary/aromatic N) is 3. The molecule has 32 heavy (non-hydrogen) atoms. The Morgan fingerprint density at radius 2 is 1.59 bits per heavy atom. The van der Waals surface area contributed by atoms with Crippen molar-refractivity contribution < 1.29 is 0 Å². The minimum absolute atomic E-state index is 0.454. The highest BCUT2D eigenvalue weighted by Gasteiger charge is 2.13. The molecule has 164 valence electrons. The molecule has 0 radical (unpaired) electrons. The number of aryl methyl sites for hydroxylation is 1. The second-order valence-electron chi connectivity index (χ2n) is 8.89. The lowest BCUT2D eigenvalue weighted by Crippen LogP contribution is -2.06. The third-order valence-electron chi connectivity index (χ3n) is 5.85. The fourth-order valence-corrected chi connectivity index (χ4v) is 4.23. The first kappa shape index (κ1) is 21.8. The maximum absolute atomic E-state index is 4.78. The second kappa shape index (κ2) is 9.39. The van der Waals surface area contributed by atoms with Gasteiger partial charge < -0.3 is 5.32 Å². The zero-order valence-electron chi connectivity index (χ0n) is 19.6. The van der Waals surface area contributed by atoms with Gasteiger partial charge >= 0.3 is 0 Å². The minimum Gasteiger partial charge on any atom is -0.346 e. The Hall–Kier alpha value is -3.40.